The van der Waals surface area contributed by atoms with E-state index in [1.54, 1.807) is 0 Å². The van der Waals surface area contributed by atoms with Crippen LogP contribution in [-0.4, -0.2) is 49.8 Å². The monoisotopic (exact) mass is 446 g/mol. The molecule has 172 valence electrons. The van der Waals surface area contributed by atoms with E-state index in [1.165, 1.54) is 48.1 Å². The summed E-state index contributed by atoms with van der Waals surface area (Å²) in [5.41, 5.74) is 4.88. The van der Waals surface area contributed by atoms with Crippen molar-refractivity contribution in [3.05, 3.63) is 59.3 Å². The number of unbranched alkanes of at least 4 members (excludes halogenated alkanes) is 2. The van der Waals surface area contributed by atoms with Gasteiger partial charge >= 0.3 is 0 Å². The van der Waals surface area contributed by atoms with Crippen LogP contribution in [0, 0.1) is 0 Å². The Morgan fingerprint density at radius 3 is 2.26 bits per heavy atom. The molecule has 0 fully saturated rings. The third-order valence-corrected chi connectivity index (χ3v) is 6.32. The molecule has 1 aromatic rings. The summed E-state index contributed by atoms with van der Waals surface area (Å²) in [6, 6.07) is 8.84. The summed E-state index contributed by atoms with van der Waals surface area (Å²) in [5, 5.41) is 0. The van der Waals surface area contributed by atoms with Crippen LogP contribution in [0.2, 0.25) is 0 Å². The lowest BCUT2D eigenvalue weighted by Gasteiger charge is -2.25. The Morgan fingerprint density at radius 1 is 1.10 bits per heavy atom. The van der Waals surface area contributed by atoms with Crippen LogP contribution in [0.25, 0.3) is 6.08 Å². The van der Waals surface area contributed by atoms with Crippen molar-refractivity contribution >= 4 is 21.9 Å². The van der Waals surface area contributed by atoms with Crippen molar-refractivity contribution in [3.8, 4) is 0 Å². The Kier molecular flexibility index (Phi) is 10.3. The van der Waals surface area contributed by atoms with E-state index in [-0.39, 0.29) is 5.75 Å². The van der Waals surface area contributed by atoms with Gasteiger partial charge in [0.15, 0.2) is 0 Å². The summed E-state index contributed by atoms with van der Waals surface area (Å²) >= 11 is 0. The second kappa shape index (κ2) is 12.7. The van der Waals surface area contributed by atoms with E-state index in [0.717, 1.165) is 19.6 Å². The third-order valence-electron chi connectivity index (χ3n) is 5.52. The minimum absolute atomic E-state index is 0.197. The van der Waals surface area contributed by atoms with Gasteiger partial charge in [-0.2, -0.15) is 8.42 Å². The summed E-state index contributed by atoms with van der Waals surface area (Å²) in [7, 11) is -3.88. The van der Waals surface area contributed by atoms with Crippen LogP contribution < -0.4 is 4.90 Å². The van der Waals surface area contributed by atoms with E-state index in [9.17, 15) is 8.42 Å². The van der Waals surface area contributed by atoms with Gasteiger partial charge in [0.05, 0.1) is 5.75 Å². The molecule has 0 spiro atoms. The number of hydrogen-bond donors (Lipinski definition) is 1. The van der Waals surface area contributed by atoms with Gasteiger partial charge in [-0.1, -0.05) is 51.0 Å². The van der Waals surface area contributed by atoms with E-state index < -0.39 is 10.1 Å². The predicted octanol–water partition coefficient (Wildman–Crippen LogP) is 5.53. The molecule has 31 heavy (non-hydrogen) atoms. The van der Waals surface area contributed by atoms with Gasteiger partial charge in [0.2, 0.25) is 0 Å². The Labute approximate surface area is 188 Å². The maximum Gasteiger partial charge on any atom is 0.264 e. The molecular formula is C25H38N2O3S. The zero-order valence-electron chi connectivity index (χ0n) is 19.3. The highest BCUT2D eigenvalue weighted by Gasteiger charge is 2.09. The lowest BCUT2D eigenvalue weighted by atomic mass is 10.0. The highest BCUT2D eigenvalue weighted by Crippen LogP contribution is 2.22. The number of allylic oxidation sites excluding steroid dienone is 3. The first-order valence-electron chi connectivity index (χ1n) is 11.4. The van der Waals surface area contributed by atoms with Gasteiger partial charge in [0.1, 0.15) is 0 Å². The van der Waals surface area contributed by atoms with Crippen molar-refractivity contribution in [3.63, 3.8) is 0 Å². The molecule has 1 N–H and O–H groups in total. The number of nitrogens with zero attached hydrogens (tertiary/aromatic N) is 2. The predicted molar refractivity (Wildman–Crippen MR) is 132 cm³/mol. The van der Waals surface area contributed by atoms with Gasteiger partial charge in [0.25, 0.3) is 10.1 Å². The molecule has 0 amide bonds. The largest absolute Gasteiger partial charge is 0.374 e. The average molecular weight is 447 g/mol. The van der Waals surface area contributed by atoms with Crippen molar-refractivity contribution in [1.29, 1.82) is 0 Å². The molecule has 0 bridgehead atoms. The Bertz CT molecular complexity index is 863. The molecule has 5 nitrogen and oxygen atoms in total. The fraction of sp³-hybridized carbons (Fsp3) is 0.520. The topological polar surface area (TPSA) is 60.9 Å². The van der Waals surface area contributed by atoms with Gasteiger partial charge in [-0.05, 0) is 67.3 Å². The second-order valence-corrected chi connectivity index (χ2v) is 9.79. The maximum atomic E-state index is 10.8. The fourth-order valence-electron chi connectivity index (χ4n) is 3.62. The van der Waals surface area contributed by atoms with Gasteiger partial charge in [-0.15, -0.1) is 0 Å². The minimum atomic E-state index is -3.88. The van der Waals surface area contributed by atoms with Crippen LogP contribution in [0.1, 0.15) is 58.4 Å². The van der Waals surface area contributed by atoms with E-state index in [4.69, 9.17) is 4.55 Å². The van der Waals surface area contributed by atoms with Gasteiger partial charge in [0, 0.05) is 31.9 Å². The van der Waals surface area contributed by atoms with Crippen LogP contribution in [-0.2, 0) is 10.1 Å². The fourth-order valence-corrected chi connectivity index (χ4v) is 4.12. The molecule has 0 radical (unpaired) electrons. The maximum absolute atomic E-state index is 10.8. The second-order valence-electron chi connectivity index (χ2n) is 8.22. The molecule has 0 atom stereocenters. The molecule has 2 rings (SSSR count). The zero-order chi connectivity index (χ0) is 22.7. The number of benzene rings is 1. The molecule has 0 saturated heterocycles. The van der Waals surface area contributed by atoms with Crippen molar-refractivity contribution in [2.75, 3.05) is 36.8 Å². The Hall–Kier alpha value is -2.05. The van der Waals surface area contributed by atoms with Crippen molar-refractivity contribution in [2.45, 2.75) is 52.9 Å². The van der Waals surface area contributed by atoms with E-state index in [0.29, 0.717) is 13.0 Å². The summed E-state index contributed by atoms with van der Waals surface area (Å²) in [4.78, 5) is 4.55. The lowest BCUT2D eigenvalue weighted by molar-refractivity contribution is 0.405. The number of anilines is 1. The van der Waals surface area contributed by atoms with E-state index >= 15 is 0 Å². The summed E-state index contributed by atoms with van der Waals surface area (Å²) < 4.78 is 30.5. The number of hydrogen-bond acceptors (Lipinski definition) is 4. The molecule has 0 saturated carbocycles. The normalized spacial score (nSPS) is 14.6. The third kappa shape index (κ3) is 9.32. The molecule has 0 aromatic heterocycles. The summed E-state index contributed by atoms with van der Waals surface area (Å²) in [5.74, 6) is -0.197. The quantitative estimate of drug-likeness (QED) is 0.404. The van der Waals surface area contributed by atoms with Crippen LogP contribution in [0.3, 0.4) is 0 Å². The van der Waals surface area contributed by atoms with Gasteiger partial charge in [-0.25, -0.2) is 0 Å². The smallest absolute Gasteiger partial charge is 0.264 e. The molecule has 1 heterocycles. The van der Waals surface area contributed by atoms with Crippen molar-refractivity contribution in [1.82, 2.24) is 4.90 Å². The lowest BCUT2D eigenvalue weighted by Crippen LogP contribution is -2.25. The van der Waals surface area contributed by atoms with Gasteiger partial charge < -0.3 is 9.80 Å². The molecule has 6 heteroatoms. The first kappa shape index (κ1) is 25.2. The van der Waals surface area contributed by atoms with Crippen molar-refractivity contribution in [2.24, 2.45) is 0 Å². The summed E-state index contributed by atoms with van der Waals surface area (Å²) in [6.45, 7) is 10.2. The van der Waals surface area contributed by atoms with Crippen LogP contribution in [0.4, 0.5) is 5.69 Å². The standard InChI is InChI=1S/C25H38N2O3S/c1-4-6-16-27(17-7-5-2)25-11-9-23(10-12-25)21-22(3)24-13-18-26(19-14-24)15-8-20-31(28,29)30/h9-14,18,21H,4-8,15-17,19-20H2,1-3H3,(H,28,29,30). The molecule has 1 aromatic carbocycles. The SMILES string of the molecule is CCCCN(CCCC)c1ccc(C=C(C)C2=CCN(CCCS(=O)(=O)O)C=C2)cc1. The molecular weight excluding hydrogens is 408 g/mol. The molecule has 1 aliphatic rings. The zero-order valence-corrected chi connectivity index (χ0v) is 20.1. The van der Waals surface area contributed by atoms with Crippen LogP contribution >= 0.6 is 0 Å². The first-order valence-corrected chi connectivity index (χ1v) is 13.0. The van der Waals surface area contributed by atoms with E-state index in [2.05, 4.69) is 73.1 Å². The Balaban J connectivity index is 1.95. The van der Waals surface area contributed by atoms with Crippen LogP contribution in [0.5, 0.6) is 0 Å². The number of rotatable bonds is 13. The summed E-state index contributed by atoms with van der Waals surface area (Å²) in [6.07, 6.45) is 13.7. The van der Waals surface area contributed by atoms with Gasteiger partial charge in [-0.3, -0.25) is 4.55 Å². The molecule has 1 aliphatic heterocycles. The average Bonchev–Trinajstić information content (AvgIpc) is 2.74. The van der Waals surface area contributed by atoms with Crippen LogP contribution in [0.15, 0.2) is 53.8 Å². The highest BCUT2D eigenvalue weighted by atomic mass is 32.2. The molecule has 0 unspecified atom stereocenters. The first-order chi connectivity index (χ1) is 14.8. The van der Waals surface area contributed by atoms with E-state index in [1.807, 2.05) is 6.20 Å². The molecule has 0 aliphatic carbocycles. The minimum Gasteiger partial charge on any atom is -0.374 e. The highest BCUT2D eigenvalue weighted by molar-refractivity contribution is 7.85. The Morgan fingerprint density at radius 2 is 1.74 bits per heavy atom. The van der Waals surface area contributed by atoms with Crippen molar-refractivity contribution < 1.29 is 13.0 Å².